The van der Waals surface area contributed by atoms with E-state index in [9.17, 15) is 28.8 Å². The average molecular weight is 1070 g/mol. The molecule has 438 valence electrons. The number of hydrogen-bond donors (Lipinski definition) is 0. The highest BCUT2D eigenvalue weighted by molar-refractivity contribution is 5.87. The smallest absolute Gasteiger partial charge is 0.306 e. The van der Waals surface area contributed by atoms with Crippen molar-refractivity contribution >= 4 is 35.4 Å². The van der Waals surface area contributed by atoms with Gasteiger partial charge in [0.05, 0.1) is 0 Å². The molecule has 0 radical (unpaired) electrons. The quantitative estimate of drug-likeness (QED) is 0.0329. The Bertz CT molecular complexity index is 1610. The Kier molecular flexibility index (Phi) is 32.8. The van der Waals surface area contributed by atoms with Crippen LogP contribution in [0.2, 0.25) is 0 Å². The summed E-state index contributed by atoms with van der Waals surface area (Å²) < 4.78 is 23.0. The molecule has 4 fully saturated rings. The second kappa shape index (κ2) is 38.0. The summed E-state index contributed by atoms with van der Waals surface area (Å²) in [6, 6.07) is 0. The van der Waals surface area contributed by atoms with Crippen molar-refractivity contribution in [3.63, 3.8) is 0 Å². The third kappa shape index (κ3) is 23.9. The molecule has 4 rings (SSSR count). The maximum atomic E-state index is 14.0. The fourth-order valence-electron chi connectivity index (χ4n) is 14.8. The molecule has 0 aromatic rings. The van der Waals surface area contributed by atoms with Crippen LogP contribution in [0.15, 0.2) is 0 Å². The minimum absolute atomic E-state index is 0.0159. The normalized spacial score (nSPS) is 24.9. The lowest BCUT2D eigenvalue weighted by molar-refractivity contribution is -0.170. The lowest BCUT2D eigenvalue weighted by Crippen LogP contribution is -2.58. The molecule has 0 heterocycles. The molecule has 0 bridgehead atoms. The van der Waals surface area contributed by atoms with Gasteiger partial charge in [-0.25, -0.2) is 0 Å². The molecule has 0 saturated heterocycles. The maximum Gasteiger partial charge on any atom is 0.306 e. The number of fused-ring (bicyclic) bond motifs is 5. The Labute approximate surface area is 464 Å². The van der Waals surface area contributed by atoms with Crippen molar-refractivity contribution in [1.29, 1.82) is 0 Å². The van der Waals surface area contributed by atoms with Crippen LogP contribution >= 0.6 is 0 Å². The van der Waals surface area contributed by atoms with E-state index in [1.807, 2.05) is 0 Å². The first-order chi connectivity index (χ1) is 36.8. The molecule has 4 aliphatic rings. The van der Waals surface area contributed by atoms with E-state index in [1.165, 1.54) is 128 Å². The largest absolute Gasteiger partial charge is 0.462 e. The number of rotatable bonds is 44. The van der Waals surface area contributed by atoms with Crippen molar-refractivity contribution < 1.29 is 47.7 Å². The van der Waals surface area contributed by atoms with E-state index in [2.05, 4.69) is 27.7 Å². The molecule has 0 N–H and O–H groups in total. The van der Waals surface area contributed by atoms with Gasteiger partial charge >= 0.3 is 23.9 Å². The van der Waals surface area contributed by atoms with Gasteiger partial charge in [-0.3, -0.25) is 28.8 Å². The van der Waals surface area contributed by atoms with E-state index < -0.39 is 6.10 Å². The highest BCUT2D eigenvalue weighted by Crippen LogP contribution is 2.66. The molecular weight excluding hydrogens is 953 g/mol. The van der Waals surface area contributed by atoms with Crippen LogP contribution in [0.4, 0.5) is 0 Å². The van der Waals surface area contributed by atoms with Gasteiger partial charge in [0.15, 0.2) is 6.10 Å². The first-order valence-corrected chi connectivity index (χ1v) is 32.6. The summed E-state index contributed by atoms with van der Waals surface area (Å²) in [5.41, 5.74) is -0.245. The van der Waals surface area contributed by atoms with E-state index in [0.29, 0.717) is 55.6 Å². The number of carbonyl (C=O) groups excluding carboxylic acids is 6. The molecule has 0 amide bonds. The van der Waals surface area contributed by atoms with Gasteiger partial charge in [-0.15, -0.1) is 0 Å². The lowest BCUT2D eigenvalue weighted by atomic mass is 9.44. The van der Waals surface area contributed by atoms with Crippen LogP contribution in [0.5, 0.6) is 0 Å². The van der Waals surface area contributed by atoms with E-state index in [4.69, 9.17) is 18.9 Å². The van der Waals surface area contributed by atoms with Gasteiger partial charge in [-0.05, 0) is 106 Å². The Hall–Kier alpha value is -2.78. The standard InChI is InChI=1S/C66H114O10/c1-6-8-10-12-14-16-18-20-22-24-26-30-34-38-60(69)73-50-55(51-74-61(70)39-35-31-27-25-23-21-19-17-15-13-11-9-7-2)76-63(72)41-37-33-29-28-32-36-40-62(71)75-54-46-47-65(4)53(48-54)42-43-56-58-45-44-57(52(3)67)66(58,5)49-59(68)64(56)65/h53-58,64H,6-51H2,1-5H3/t53-,54+,56-,57+,58-,64+,65-,66+/m0/s1. The van der Waals surface area contributed by atoms with Gasteiger partial charge in [0, 0.05) is 43.9 Å². The van der Waals surface area contributed by atoms with Crippen molar-refractivity contribution in [3.8, 4) is 0 Å². The molecule has 0 unspecified atom stereocenters. The molecule has 10 nitrogen and oxygen atoms in total. The SMILES string of the molecule is CCCCCCCCCCCCCCCC(=O)OCC(COC(=O)CCCCCCCCCCCCCCC)OC(=O)CCCCCCCCC(=O)O[C@@H]1CC[C@@]2(C)[C@@H](CC[C@H]3[C@@H]4CC[C@H](C(C)=O)[C@@]4(C)CC(=O)[C@@H]32)C1. The molecule has 8 atom stereocenters. The van der Waals surface area contributed by atoms with E-state index >= 15 is 0 Å². The molecule has 0 aliphatic heterocycles. The van der Waals surface area contributed by atoms with Crippen LogP contribution in [0, 0.1) is 40.4 Å². The second-order valence-electron chi connectivity index (χ2n) is 25.4. The minimum Gasteiger partial charge on any atom is -0.462 e. The van der Waals surface area contributed by atoms with Crippen molar-refractivity contribution in [3.05, 3.63) is 0 Å². The van der Waals surface area contributed by atoms with Crippen LogP contribution < -0.4 is 0 Å². The number of ether oxygens (including phenoxy) is 4. The zero-order valence-corrected chi connectivity index (χ0v) is 49.7. The summed E-state index contributed by atoms with van der Waals surface area (Å²) in [6.45, 7) is 10.5. The summed E-state index contributed by atoms with van der Waals surface area (Å²) in [7, 11) is 0. The molecule has 0 spiro atoms. The molecule has 10 heteroatoms. The van der Waals surface area contributed by atoms with Gasteiger partial charge in [-0.2, -0.15) is 0 Å². The van der Waals surface area contributed by atoms with Crippen LogP contribution in [-0.4, -0.2) is 60.9 Å². The summed E-state index contributed by atoms with van der Waals surface area (Å²) in [4.78, 5) is 78.0. The highest BCUT2D eigenvalue weighted by atomic mass is 16.6. The maximum absolute atomic E-state index is 14.0. The number of carbonyl (C=O) groups is 6. The number of esters is 4. The van der Waals surface area contributed by atoms with Gasteiger partial charge in [-0.1, -0.05) is 207 Å². The fraction of sp³-hybridized carbons (Fsp3) is 0.909. The van der Waals surface area contributed by atoms with Crippen LogP contribution in [0.3, 0.4) is 0 Å². The molecule has 76 heavy (non-hydrogen) atoms. The molecular formula is C66H114O10. The molecule has 0 aromatic carbocycles. The topological polar surface area (TPSA) is 139 Å². The van der Waals surface area contributed by atoms with Crippen molar-refractivity contribution in [2.75, 3.05) is 13.2 Å². The second-order valence-corrected chi connectivity index (χ2v) is 25.4. The lowest BCUT2D eigenvalue weighted by Gasteiger charge is -2.59. The third-order valence-corrected chi connectivity index (χ3v) is 19.2. The Morgan fingerprint density at radius 3 is 1.33 bits per heavy atom. The van der Waals surface area contributed by atoms with Crippen LogP contribution in [-0.2, 0) is 47.7 Å². The van der Waals surface area contributed by atoms with Crippen molar-refractivity contribution in [2.24, 2.45) is 40.4 Å². The summed E-state index contributed by atoms with van der Waals surface area (Å²) in [5.74, 6) is 0.782. The Morgan fingerprint density at radius 2 is 0.895 bits per heavy atom. The molecule has 0 aromatic heterocycles. The van der Waals surface area contributed by atoms with Gasteiger partial charge < -0.3 is 18.9 Å². The van der Waals surface area contributed by atoms with Crippen molar-refractivity contribution in [2.45, 2.75) is 329 Å². The van der Waals surface area contributed by atoms with Gasteiger partial charge in [0.25, 0.3) is 0 Å². The van der Waals surface area contributed by atoms with Gasteiger partial charge in [0.1, 0.15) is 30.9 Å². The van der Waals surface area contributed by atoms with Crippen LogP contribution in [0.1, 0.15) is 317 Å². The number of ketones is 2. The first-order valence-electron chi connectivity index (χ1n) is 32.6. The number of Topliss-reactive ketones (excluding diaryl/α,β-unsaturated/α-hetero) is 2. The minimum atomic E-state index is -0.834. The molecule has 4 saturated carbocycles. The fourth-order valence-corrected chi connectivity index (χ4v) is 14.8. The third-order valence-electron chi connectivity index (χ3n) is 19.2. The zero-order chi connectivity index (χ0) is 54.9. The van der Waals surface area contributed by atoms with E-state index in [0.717, 1.165) is 116 Å². The monoisotopic (exact) mass is 1070 g/mol. The van der Waals surface area contributed by atoms with Crippen molar-refractivity contribution in [1.82, 2.24) is 0 Å². The highest BCUT2D eigenvalue weighted by Gasteiger charge is 2.64. The summed E-state index contributed by atoms with van der Waals surface area (Å²) >= 11 is 0. The number of unbranched alkanes of at least 4 members (excludes halogenated alkanes) is 29. The summed E-state index contributed by atoms with van der Waals surface area (Å²) in [5, 5.41) is 0. The zero-order valence-electron chi connectivity index (χ0n) is 49.7. The van der Waals surface area contributed by atoms with Gasteiger partial charge in [0.2, 0.25) is 0 Å². The number of hydrogen-bond acceptors (Lipinski definition) is 10. The van der Waals surface area contributed by atoms with Crippen LogP contribution in [0.25, 0.3) is 0 Å². The average Bonchev–Trinajstić information content (AvgIpc) is 3.85. The molecule has 4 aliphatic carbocycles. The predicted molar refractivity (Wildman–Crippen MR) is 306 cm³/mol. The summed E-state index contributed by atoms with van der Waals surface area (Å²) in [6.07, 6.45) is 44.8. The Balaban J connectivity index is 1.06. The predicted octanol–water partition coefficient (Wildman–Crippen LogP) is 17.4. The van der Waals surface area contributed by atoms with E-state index in [-0.39, 0.29) is 78.1 Å². The van der Waals surface area contributed by atoms with E-state index in [1.54, 1.807) is 6.92 Å². The first kappa shape index (κ1) is 65.7. The Morgan fingerprint density at radius 1 is 0.487 bits per heavy atom.